The molecule has 0 radical (unpaired) electrons. The largest absolute Gasteiger partial charge is 0.418 e. The molecule has 0 saturated carbocycles. The summed E-state index contributed by atoms with van der Waals surface area (Å²) in [5.41, 5.74) is -6.91. The molecule has 0 N–H and O–H groups in total. The summed E-state index contributed by atoms with van der Waals surface area (Å²) >= 11 is 8.73. The van der Waals surface area contributed by atoms with Crippen LogP contribution in [0.5, 0.6) is 0 Å². The van der Waals surface area contributed by atoms with Crippen molar-refractivity contribution >= 4 is 50.3 Å². The first kappa shape index (κ1) is 24.7. The van der Waals surface area contributed by atoms with Gasteiger partial charge in [0.25, 0.3) is 11.4 Å². The first-order valence-corrected chi connectivity index (χ1v) is 9.14. The summed E-state index contributed by atoms with van der Waals surface area (Å²) in [5, 5.41) is 21.8. The zero-order chi connectivity index (χ0) is 23.9. The monoisotopic (exact) mass is 535 g/mol. The SMILES string of the molecule is CCN(c1c(Cl)cc(C(F)(F)F)cc1Br)c1c([N+](=O)[O-])cc([N+](=O)[O-])cc1C(F)(F)F. The Morgan fingerprint density at radius 3 is 1.94 bits per heavy atom. The predicted octanol–water partition coefficient (Wildman–Crippen LogP) is 7.11. The standard InChI is InChI=1S/C16H9BrClF6N3O4/c1-2-25(14-10(17)3-7(4-11(14)18)15(19,20)21)13-9(16(22,23)24)5-8(26(28)29)6-12(13)27(30)31/h3-6H,2H2,1H3. The van der Waals surface area contributed by atoms with E-state index < -0.39 is 72.1 Å². The molecule has 0 heterocycles. The van der Waals surface area contributed by atoms with Crippen LogP contribution in [0.15, 0.2) is 28.7 Å². The number of anilines is 2. The van der Waals surface area contributed by atoms with E-state index in [9.17, 15) is 46.6 Å². The zero-order valence-corrected chi connectivity index (χ0v) is 17.4. The van der Waals surface area contributed by atoms with Gasteiger partial charge in [0.1, 0.15) is 5.69 Å². The number of nitro groups is 2. The van der Waals surface area contributed by atoms with Crippen molar-refractivity contribution in [3.63, 3.8) is 0 Å². The van der Waals surface area contributed by atoms with E-state index >= 15 is 0 Å². The predicted molar refractivity (Wildman–Crippen MR) is 102 cm³/mol. The fourth-order valence-corrected chi connectivity index (χ4v) is 3.87. The van der Waals surface area contributed by atoms with Gasteiger partial charge in [-0.1, -0.05) is 11.6 Å². The van der Waals surface area contributed by atoms with E-state index in [2.05, 4.69) is 15.9 Å². The molecule has 0 aliphatic rings. The highest BCUT2D eigenvalue weighted by atomic mass is 79.9. The first-order chi connectivity index (χ1) is 14.1. The molecule has 0 atom stereocenters. The van der Waals surface area contributed by atoms with Crippen molar-refractivity contribution < 1.29 is 36.2 Å². The van der Waals surface area contributed by atoms with Crippen molar-refractivity contribution in [1.29, 1.82) is 0 Å². The van der Waals surface area contributed by atoms with Gasteiger partial charge in [0.05, 0.1) is 37.7 Å². The van der Waals surface area contributed by atoms with Gasteiger partial charge in [-0.15, -0.1) is 0 Å². The second-order valence-corrected chi connectivity index (χ2v) is 7.17. The van der Waals surface area contributed by atoms with Crippen molar-refractivity contribution in [3.8, 4) is 0 Å². The van der Waals surface area contributed by atoms with Crippen LogP contribution in [0.3, 0.4) is 0 Å². The van der Waals surface area contributed by atoms with Crippen LogP contribution < -0.4 is 4.90 Å². The molecular weight excluding hydrogens is 528 g/mol. The van der Waals surface area contributed by atoms with Gasteiger partial charge in [-0.25, -0.2) is 0 Å². The number of halogens is 8. The summed E-state index contributed by atoms with van der Waals surface area (Å²) in [6.07, 6.45) is -10.1. The van der Waals surface area contributed by atoms with Crippen LogP contribution in [0.4, 0.5) is 49.1 Å². The average molecular weight is 537 g/mol. The minimum Gasteiger partial charge on any atom is -0.334 e. The highest BCUT2D eigenvalue weighted by Crippen LogP contribution is 2.50. The smallest absolute Gasteiger partial charge is 0.334 e. The van der Waals surface area contributed by atoms with Crippen molar-refractivity contribution in [3.05, 3.63) is 65.1 Å². The highest BCUT2D eigenvalue weighted by molar-refractivity contribution is 9.10. The Kier molecular flexibility index (Phi) is 6.76. The summed E-state index contributed by atoms with van der Waals surface area (Å²) in [4.78, 5) is 20.6. The molecule has 0 aromatic heterocycles. The first-order valence-electron chi connectivity index (χ1n) is 7.97. The van der Waals surface area contributed by atoms with E-state index in [-0.39, 0.29) is 6.07 Å². The molecule has 15 heteroatoms. The van der Waals surface area contributed by atoms with Gasteiger partial charge in [-0.3, -0.25) is 20.2 Å². The molecule has 31 heavy (non-hydrogen) atoms. The summed E-state index contributed by atoms with van der Waals surface area (Å²) in [5.74, 6) is 0. The van der Waals surface area contributed by atoms with Gasteiger partial charge in [0.2, 0.25) is 0 Å². The normalized spacial score (nSPS) is 12.0. The van der Waals surface area contributed by atoms with E-state index in [0.717, 1.165) is 0 Å². The fourth-order valence-electron chi connectivity index (χ4n) is 2.76. The van der Waals surface area contributed by atoms with Crippen molar-refractivity contribution in [2.75, 3.05) is 11.4 Å². The maximum atomic E-state index is 13.7. The molecule has 2 aromatic carbocycles. The topological polar surface area (TPSA) is 89.5 Å². The molecule has 0 amide bonds. The minimum atomic E-state index is -5.27. The number of nitro benzene ring substituents is 2. The maximum absolute atomic E-state index is 13.7. The molecule has 168 valence electrons. The number of hydrogen-bond donors (Lipinski definition) is 0. The van der Waals surface area contributed by atoms with Crippen LogP contribution in [0.1, 0.15) is 18.1 Å². The van der Waals surface area contributed by atoms with Gasteiger partial charge >= 0.3 is 12.4 Å². The van der Waals surface area contributed by atoms with Crippen molar-refractivity contribution in [2.45, 2.75) is 19.3 Å². The van der Waals surface area contributed by atoms with E-state index in [4.69, 9.17) is 11.6 Å². The van der Waals surface area contributed by atoms with Crippen LogP contribution in [0.25, 0.3) is 0 Å². The van der Waals surface area contributed by atoms with Gasteiger partial charge in [-0.05, 0) is 35.0 Å². The summed E-state index contributed by atoms with van der Waals surface area (Å²) in [6.45, 7) is 0.858. The summed E-state index contributed by atoms with van der Waals surface area (Å²) < 4.78 is 79.7. The van der Waals surface area contributed by atoms with Gasteiger partial charge in [-0.2, -0.15) is 26.3 Å². The highest BCUT2D eigenvalue weighted by Gasteiger charge is 2.42. The van der Waals surface area contributed by atoms with Crippen LogP contribution in [-0.2, 0) is 12.4 Å². The molecule has 0 saturated heterocycles. The third kappa shape index (κ3) is 5.01. The number of rotatable bonds is 5. The zero-order valence-electron chi connectivity index (χ0n) is 15.0. The minimum absolute atomic E-state index is 0.108. The van der Waals surface area contributed by atoms with Crippen LogP contribution in [-0.4, -0.2) is 16.4 Å². The third-order valence-corrected chi connectivity index (χ3v) is 4.88. The third-order valence-electron chi connectivity index (χ3n) is 3.99. The lowest BCUT2D eigenvalue weighted by atomic mass is 10.1. The Labute approximate surface area is 182 Å². The second kappa shape index (κ2) is 8.49. The molecule has 0 aliphatic heterocycles. The molecule has 2 aromatic rings. The number of benzene rings is 2. The van der Waals surface area contributed by atoms with E-state index in [1.165, 1.54) is 6.92 Å². The Hall–Kier alpha value is -2.61. The lowest BCUT2D eigenvalue weighted by Gasteiger charge is -2.28. The Morgan fingerprint density at radius 1 is 0.968 bits per heavy atom. The molecule has 0 spiro atoms. The lowest BCUT2D eigenvalue weighted by Crippen LogP contribution is -2.23. The molecule has 0 aliphatic carbocycles. The molecular formula is C16H9BrClF6N3O4. The second-order valence-electron chi connectivity index (χ2n) is 5.90. The van der Waals surface area contributed by atoms with Gasteiger partial charge in [0.15, 0.2) is 0 Å². The molecule has 0 bridgehead atoms. The number of alkyl halides is 6. The van der Waals surface area contributed by atoms with Crippen molar-refractivity contribution in [2.24, 2.45) is 0 Å². The maximum Gasteiger partial charge on any atom is 0.418 e. The Morgan fingerprint density at radius 2 is 1.55 bits per heavy atom. The Bertz CT molecular complexity index is 1040. The van der Waals surface area contributed by atoms with Crippen molar-refractivity contribution in [1.82, 2.24) is 0 Å². The van der Waals surface area contributed by atoms with E-state index in [1.54, 1.807) is 0 Å². The number of hydrogen-bond acceptors (Lipinski definition) is 5. The summed E-state index contributed by atoms with van der Waals surface area (Å²) in [6, 6.07) is 1.44. The quantitative estimate of drug-likeness (QED) is 0.231. The van der Waals surface area contributed by atoms with Crippen LogP contribution in [0.2, 0.25) is 5.02 Å². The van der Waals surface area contributed by atoms with Gasteiger partial charge in [0, 0.05) is 17.1 Å². The summed E-state index contributed by atoms with van der Waals surface area (Å²) in [7, 11) is 0. The average Bonchev–Trinajstić information content (AvgIpc) is 2.61. The number of nitrogens with zero attached hydrogens (tertiary/aromatic N) is 3. The number of non-ortho nitro benzene ring substituents is 1. The molecule has 0 unspecified atom stereocenters. The van der Waals surface area contributed by atoms with E-state index in [0.29, 0.717) is 23.1 Å². The molecule has 2 rings (SSSR count). The Balaban J connectivity index is 2.93. The molecule has 7 nitrogen and oxygen atoms in total. The van der Waals surface area contributed by atoms with Crippen LogP contribution in [0, 0.1) is 20.2 Å². The lowest BCUT2D eigenvalue weighted by molar-refractivity contribution is -0.394. The molecule has 0 fully saturated rings. The van der Waals surface area contributed by atoms with E-state index in [1.807, 2.05) is 0 Å². The fraction of sp³-hybridized carbons (Fsp3) is 0.250. The van der Waals surface area contributed by atoms with Gasteiger partial charge < -0.3 is 4.90 Å². The van der Waals surface area contributed by atoms with Crippen LogP contribution >= 0.6 is 27.5 Å².